The Morgan fingerprint density at radius 3 is 1.17 bits per heavy atom. The van der Waals surface area contributed by atoms with Crippen LogP contribution < -0.4 is 10.6 Å². The number of rotatable bonds is 2. The summed E-state index contributed by atoms with van der Waals surface area (Å²) in [5, 5.41) is 5.88. The van der Waals surface area contributed by atoms with Gasteiger partial charge in [-0.15, -0.1) is 0 Å². The van der Waals surface area contributed by atoms with Gasteiger partial charge in [0.2, 0.25) is 0 Å². The summed E-state index contributed by atoms with van der Waals surface area (Å²) in [7, 11) is 0. The molecule has 0 aliphatic heterocycles. The summed E-state index contributed by atoms with van der Waals surface area (Å²) >= 11 is 9.37. The van der Waals surface area contributed by atoms with Gasteiger partial charge in [-0.05, 0) is 27.7 Å². The van der Waals surface area contributed by atoms with Crippen LogP contribution >= 0.6 is 24.4 Å². The molecule has 72 valence electrons. The Morgan fingerprint density at radius 1 is 0.917 bits per heavy atom. The lowest BCUT2D eigenvalue weighted by molar-refractivity contribution is 0.978. The van der Waals surface area contributed by atoms with Gasteiger partial charge in [-0.25, -0.2) is 0 Å². The van der Waals surface area contributed by atoms with Gasteiger partial charge in [0.1, 0.15) is 0 Å². The molecule has 0 saturated heterocycles. The van der Waals surface area contributed by atoms with Crippen molar-refractivity contribution in [2.24, 2.45) is 0 Å². The van der Waals surface area contributed by atoms with Crippen LogP contribution in [0.15, 0.2) is 0 Å². The van der Waals surface area contributed by atoms with Gasteiger partial charge in [-0.3, -0.25) is 0 Å². The van der Waals surface area contributed by atoms with Gasteiger partial charge < -0.3 is 10.6 Å². The second-order valence-corrected chi connectivity index (χ2v) is 3.40. The van der Waals surface area contributed by atoms with E-state index in [0.717, 1.165) is 23.1 Å². The van der Waals surface area contributed by atoms with Gasteiger partial charge in [0.15, 0.2) is 0 Å². The fourth-order valence-electron chi connectivity index (χ4n) is 0.498. The van der Waals surface area contributed by atoms with E-state index in [1.807, 2.05) is 27.7 Å². The lowest BCUT2D eigenvalue weighted by atomic mass is 10.7. The minimum Gasteiger partial charge on any atom is -0.380 e. The molecule has 0 aromatic rings. The Bertz CT molecular complexity index is 119. The van der Waals surface area contributed by atoms with Crippen LogP contribution in [0.25, 0.3) is 0 Å². The minimum atomic E-state index is 0.873. The monoisotopic (exact) mass is 206 g/mol. The van der Waals surface area contributed by atoms with Crippen LogP contribution in [0.1, 0.15) is 27.7 Å². The predicted octanol–water partition coefficient (Wildman–Crippen LogP) is 1.89. The van der Waals surface area contributed by atoms with Crippen molar-refractivity contribution in [2.75, 3.05) is 13.1 Å². The van der Waals surface area contributed by atoms with Crippen LogP contribution in [-0.4, -0.2) is 23.1 Å². The van der Waals surface area contributed by atoms with Crippen molar-refractivity contribution in [2.45, 2.75) is 27.7 Å². The number of hydrogen-bond acceptors (Lipinski definition) is 2. The molecule has 0 aliphatic rings. The molecule has 0 bridgehead atoms. The minimum absolute atomic E-state index is 0.873. The topological polar surface area (TPSA) is 24.1 Å². The Morgan fingerprint density at radius 2 is 1.17 bits per heavy atom. The Hall–Kier alpha value is -0.220. The van der Waals surface area contributed by atoms with E-state index in [1.165, 1.54) is 0 Å². The largest absolute Gasteiger partial charge is 0.380 e. The van der Waals surface area contributed by atoms with Crippen molar-refractivity contribution in [1.29, 1.82) is 0 Å². The van der Waals surface area contributed by atoms with Crippen molar-refractivity contribution in [3.63, 3.8) is 0 Å². The quantitative estimate of drug-likeness (QED) is 0.674. The van der Waals surface area contributed by atoms with Crippen LogP contribution in [0.5, 0.6) is 0 Å². The summed E-state index contributed by atoms with van der Waals surface area (Å²) in [6, 6.07) is 0. The molecule has 4 heteroatoms. The fraction of sp³-hybridized carbons (Fsp3) is 0.750. The van der Waals surface area contributed by atoms with E-state index < -0.39 is 0 Å². The molecule has 12 heavy (non-hydrogen) atoms. The molecule has 0 fully saturated rings. The van der Waals surface area contributed by atoms with E-state index >= 15 is 0 Å². The average molecular weight is 206 g/mol. The molecule has 0 rings (SSSR count). The summed E-state index contributed by atoms with van der Waals surface area (Å²) in [4.78, 5) is 1.75. The van der Waals surface area contributed by atoms with E-state index in [2.05, 4.69) is 35.1 Å². The molecule has 0 aromatic heterocycles. The van der Waals surface area contributed by atoms with Crippen molar-refractivity contribution in [3.8, 4) is 0 Å². The molecule has 0 heterocycles. The molecular formula is C8H18N2S2. The second kappa shape index (κ2) is 10.8. The van der Waals surface area contributed by atoms with Gasteiger partial charge in [0, 0.05) is 13.1 Å². The molecular weight excluding hydrogens is 188 g/mol. The Labute approximate surface area is 86.1 Å². The zero-order valence-corrected chi connectivity index (χ0v) is 9.86. The molecule has 0 amide bonds. The first kappa shape index (κ1) is 14.3. The molecule has 0 spiro atoms. The van der Waals surface area contributed by atoms with Crippen LogP contribution in [0.2, 0.25) is 0 Å². The fourth-order valence-corrected chi connectivity index (χ4v) is 0.787. The standard InChI is InChI=1S/2C4H9NS/c2*1-3-5-4(2)6/h2*3H2,1-2H3,(H,5,6). The SMILES string of the molecule is CCNC(C)=S.CCNC(C)=S. The molecule has 0 saturated carbocycles. The van der Waals surface area contributed by atoms with Gasteiger partial charge in [-0.1, -0.05) is 24.4 Å². The van der Waals surface area contributed by atoms with Gasteiger partial charge in [0.05, 0.1) is 9.98 Å². The van der Waals surface area contributed by atoms with Crippen LogP contribution in [0.4, 0.5) is 0 Å². The molecule has 0 atom stereocenters. The van der Waals surface area contributed by atoms with E-state index in [-0.39, 0.29) is 0 Å². The number of hydrogen-bond donors (Lipinski definition) is 2. The zero-order valence-electron chi connectivity index (χ0n) is 8.23. The second-order valence-electron chi connectivity index (χ2n) is 2.17. The summed E-state index contributed by atoms with van der Waals surface area (Å²) < 4.78 is 0. The first-order valence-corrected chi connectivity index (χ1v) is 4.85. The highest BCUT2D eigenvalue weighted by Gasteiger charge is 1.74. The van der Waals surface area contributed by atoms with Gasteiger partial charge in [0.25, 0.3) is 0 Å². The molecule has 0 aliphatic carbocycles. The molecule has 0 radical (unpaired) electrons. The van der Waals surface area contributed by atoms with E-state index in [0.29, 0.717) is 0 Å². The first-order chi connectivity index (χ1) is 5.54. The first-order valence-electron chi connectivity index (χ1n) is 4.03. The molecule has 2 nitrogen and oxygen atoms in total. The third-order valence-electron chi connectivity index (χ3n) is 0.851. The summed E-state index contributed by atoms with van der Waals surface area (Å²) in [5.41, 5.74) is 0. The zero-order chi connectivity index (χ0) is 9.98. The maximum Gasteiger partial charge on any atom is 0.0721 e. The maximum atomic E-state index is 4.68. The Kier molecular flexibility index (Phi) is 12.9. The van der Waals surface area contributed by atoms with Crippen molar-refractivity contribution in [3.05, 3.63) is 0 Å². The molecule has 0 aromatic carbocycles. The lowest BCUT2D eigenvalue weighted by Gasteiger charge is -1.92. The third kappa shape index (κ3) is 22.6. The molecule has 2 N–H and O–H groups in total. The van der Waals surface area contributed by atoms with Crippen molar-refractivity contribution >= 4 is 34.4 Å². The number of nitrogens with one attached hydrogen (secondary N) is 2. The van der Waals surface area contributed by atoms with Gasteiger partial charge in [-0.2, -0.15) is 0 Å². The highest BCUT2D eigenvalue weighted by atomic mass is 32.1. The summed E-state index contributed by atoms with van der Waals surface area (Å²) in [5.74, 6) is 0. The van der Waals surface area contributed by atoms with Crippen LogP contribution in [-0.2, 0) is 0 Å². The third-order valence-corrected chi connectivity index (χ3v) is 1.14. The molecule has 0 unspecified atom stereocenters. The maximum absolute atomic E-state index is 4.68. The van der Waals surface area contributed by atoms with E-state index in [4.69, 9.17) is 0 Å². The normalized spacial score (nSPS) is 7.67. The summed E-state index contributed by atoms with van der Waals surface area (Å²) in [6.07, 6.45) is 0. The van der Waals surface area contributed by atoms with Gasteiger partial charge >= 0.3 is 0 Å². The summed E-state index contributed by atoms with van der Waals surface area (Å²) in [6.45, 7) is 9.67. The Balaban J connectivity index is 0. The van der Waals surface area contributed by atoms with E-state index in [9.17, 15) is 0 Å². The van der Waals surface area contributed by atoms with Crippen LogP contribution in [0.3, 0.4) is 0 Å². The van der Waals surface area contributed by atoms with Crippen molar-refractivity contribution in [1.82, 2.24) is 10.6 Å². The smallest absolute Gasteiger partial charge is 0.0721 e. The van der Waals surface area contributed by atoms with E-state index in [1.54, 1.807) is 0 Å². The van der Waals surface area contributed by atoms with Crippen LogP contribution in [0, 0.1) is 0 Å². The highest BCUT2D eigenvalue weighted by molar-refractivity contribution is 7.80. The lowest BCUT2D eigenvalue weighted by Crippen LogP contribution is -2.16. The number of thiocarbonyl (C=S) groups is 2. The highest BCUT2D eigenvalue weighted by Crippen LogP contribution is 1.62. The average Bonchev–Trinajstić information content (AvgIpc) is 1.87. The predicted molar refractivity (Wildman–Crippen MR) is 63.9 cm³/mol. The van der Waals surface area contributed by atoms with Crippen molar-refractivity contribution < 1.29 is 0 Å².